The molecular weight excluding hydrogens is 220 g/mol. The van der Waals surface area contributed by atoms with E-state index in [-0.39, 0.29) is 0 Å². The second kappa shape index (κ2) is 6.58. The van der Waals surface area contributed by atoms with Crippen LogP contribution in [0.25, 0.3) is 0 Å². The van der Waals surface area contributed by atoms with Gasteiger partial charge < -0.3 is 5.32 Å². The minimum Gasteiger partial charge on any atom is -0.307 e. The van der Waals surface area contributed by atoms with Crippen molar-refractivity contribution in [2.75, 3.05) is 19.6 Å². The molecule has 1 aromatic carbocycles. The third-order valence-electron chi connectivity index (χ3n) is 3.69. The van der Waals surface area contributed by atoms with E-state index in [1.54, 1.807) is 0 Å². The van der Waals surface area contributed by atoms with Gasteiger partial charge in [-0.25, -0.2) is 0 Å². The predicted octanol–water partition coefficient (Wildman–Crippen LogP) is 2.43. The molecule has 2 nitrogen and oxygen atoms in total. The van der Waals surface area contributed by atoms with Gasteiger partial charge in [0.1, 0.15) is 0 Å². The summed E-state index contributed by atoms with van der Waals surface area (Å²) >= 11 is 0. The van der Waals surface area contributed by atoms with Gasteiger partial charge in [0, 0.05) is 25.2 Å². The quantitative estimate of drug-likeness (QED) is 0.816. The maximum Gasteiger partial charge on any atom is 0.0598 e. The number of benzene rings is 1. The largest absolute Gasteiger partial charge is 0.307 e. The van der Waals surface area contributed by atoms with Crippen LogP contribution in [0.2, 0.25) is 0 Å². The van der Waals surface area contributed by atoms with Crippen molar-refractivity contribution in [3.05, 3.63) is 35.9 Å². The fourth-order valence-electron chi connectivity index (χ4n) is 2.58. The maximum atomic E-state index is 5.34. The van der Waals surface area contributed by atoms with Gasteiger partial charge in [0.05, 0.1) is 6.54 Å². The molecule has 1 fully saturated rings. The molecule has 0 bridgehead atoms. The van der Waals surface area contributed by atoms with Crippen LogP contribution < -0.4 is 5.32 Å². The van der Waals surface area contributed by atoms with Gasteiger partial charge >= 0.3 is 0 Å². The summed E-state index contributed by atoms with van der Waals surface area (Å²) in [5.74, 6) is 2.72. The summed E-state index contributed by atoms with van der Waals surface area (Å²) in [7, 11) is 0. The number of hydrogen-bond acceptors (Lipinski definition) is 2. The van der Waals surface area contributed by atoms with Crippen molar-refractivity contribution in [1.82, 2.24) is 10.2 Å². The summed E-state index contributed by atoms with van der Waals surface area (Å²) in [5, 5.41) is 3.72. The lowest BCUT2D eigenvalue weighted by Crippen LogP contribution is -2.43. The second-order valence-corrected chi connectivity index (χ2v) is 5.05. The molecule has 1 aliphatic rings. The number of hydrogen-bond donors (Lipinski definition) is 1. The van der Waals surface area contributed by atoms with Crippen LogP contribution in [0.1, 0.15) is 31.4 Å². The topological polar surface area (TPSA) is 15.3 Å². The third kappa shape index (κ3) is 3.60. The monoisotopic (exact) mass is 242 g/mol. The van der Waals surface area contributed by atoms with Crippen molar-refractivity contribution in [3.63, 3.8) is 0 Å². The number of rotatable bonds is 4. The normalized spacial score (nSPS) is 19.3. The number of likely N-dealkylation sites (tertiary alicyclic amines) is 1. The molecule has 0 amide bonds. The summed E-state index contributed by atoms with van der Waals surface area (Å²) in [4.78, 5) is 2.35. The average molecular weight is 242 g/mol. The fourth-order valence-corrected chi connectivity index (χ4v) is 2.58. The molecule has 1 heterocycles. The molecule has 0 unspecified atom stereocenters. The minimum atomic E-state index is 0.426. The number of nitrogens with zero attached hydrogens (tertiary/aromatic N) is 1. The molecule has 18 heavy (non-hydrogen) atoms. The highest BCUT2D eigenvalue weighted by molar-refractivity contribution is 5.18. The Morgan fingerprint density at radius 1 is 1.33 bits per heavy atom. The lowest BCUT2D eigenvalue weighted by molar-refractivity contribution is 0.211. The molecule has 2 heteroatoms. The Balaban J connectivity index is 1.80. The van der Waals surface area contributed by atoms with Crippen molar-refractivity contribution in [2.24, 2.45) is 0 Å². The van der Waals surface area contributed by atoms with Crippen molar-refractivity contribution >= 4 is 0 Å². The molecular formula is C16H22N2. The lowest BCUT2D eigenvalue weighted by atomic mass is 10.0. The molecule has 0 aliphatic carbocycles. The van der Waals surface area contributed by atoms with E-state index in [2.05, 4.69) is 53.4 Å². The predicted molar refractivity (Wildman–Crippen MR) is 76.3 cm³/mol. The lowest BCUT2D eigenvalue weighted by Gasteiger charge is -2.33. The molecule has 1 aliphatic heterocycles. The van der Waals surface area contributed by atoms with E-state index in [4.69, 9.17) is 6.42 Å². The van der Waals surface area contributed by atoms with Gasteiger partial charge in [-0.1, -0.05) is 36.3 Å². The van der Waals surface area contributed by atoms with Crippen molar-refractivity contribution in [2.45, 2.75) is 31.8 Å². The summed E-state index contributed by atoms with van der Waals surface area (Å²) in [6.07, 6.45) is 7.73. The van der Waals surface area contributed by atoms with Crippen LogP contribution >= 0.6 is 0 Å². The van der Waals surface area contributed by atoms with Crippen LogP contribution in [0.3, 0.4) is 0 Å². The molecule has 0 radical (unpaired) electrons. The Morgan fingerprint density at radius 2 is 2.00 bits per heavy atom. The van der Waals surface area contributed by atoms with Crippen molar-refractivity contribution < 1.29 is 0 Å². The zero-order chi connectivity index (χ0) is 12.8. The van der Waals surface area contributed by atoms with Gasteiger partial charge in [0.15, 0.2) is 0 Å². The highest BCUT2D eigenvalue weighted by Crippen LogP contribution is 2.16. The highest BCUT2D eigenvalue weighted by Gasteiger charge is 2.19. The van der Waals surface area contributed by atoms with Gasteiger partial charge in [-0.2, -0.15) is 0 Å². The zero-order valence-electron chi connectivity index (χ0n) is 11.1. The molecule has 1 N–H and O–H groups in total. The summed E-state index contributed by atoms with van der Waals surface area (Å²) in [5.41, 5.74) is 1.36. The number of terminal acetylenes is 1. The van der Waals surface area contributed by atoms with Crippen LogP contribution in [0.15, 0.2) is 30.3 Å². The van der Waals surface area contributed by atoms with Gasteiger partial charge in [-0.3, -0.25) is 4.90 Å². The first-order valence-electron chi connectivity index (χ1n) is 6.76. The molecule has 0 aromatic heterocycles. The number of piperidine rings is 1. The van der Waals surface area contributed by atoms with Gasteiger partial charge in [0.2, 0.25) is 0 Å². The van der Waals surface area contributed by atoms with E-state index in [9.17, 15) is 0 Å². The molecule has 0 spiro atoms. The third-order valence-corrected chi connectivity index (χ3v) is 3.69. The molecule has 96 valence electrons. The first-order chi connectivity index (χ1) is 8.79. The van der Waals surface area contributed by atoms with Gasteiger partial charge in [0.25, 0.3) is 0 Å². The number of nitrogens with one attached hydrogen (secondary N) is 1. The Bertz CT molecular complexity index is 385. The first kappa shape index (κ1) is 13.1. The highest BCUT2D eigenvalue weighted by atomic mass is 15.1. The molecule has 1 aromatic rings. The first-order valence-corrected chi connectivity index (χ1v) is 6.76. The van der Waals surface area contributed by atoms with E-state index in [1.807, 2.05) is 0 Å². The summed E-state index contributed by atoms with van der Waals surface area (Å²) in [6.45, 7) is 5.26. The van der Waals surface area contributed by atoms with E-state index in [0.717, 1.165) is 19.6 Å². The standard InChI is InChI=1S/C16H22N2/c1-3-11-18-12-9-16(10-13-18)17-14(2)15-7-5-4-6-8-15/h1,4-8,14,16-17H,9-13H2,2H3/t14-/m1/s1. The summed E-state index contributed by atoms with van der Waals surface area (Å²) < 4.78 is 0. The Kier molecular flexibility index (Phi) is 4.81. The van der Waals surface area contributed by atoms with E-state index >= 15 is 0 Å². The van der Waals surface area contributed by atoms with Crippen LogP contribution in [0.5, 0.6) is 0 Å². The fraction of sp³-hybridized carbons (Fsp3) is 0.500. The van der Waals surface area contributed by atoms with Crippen LogP contribution in [0.4, 0.5) is 0 Å². The van der Waals surface area contributed by atoms with Crippen LogP contribution in [0, 0.1) is 12.3 Å². The Labute approximate surface area is 110 Å². The molecule has 0 saturated carbocycles. The van der Waals surface area contributed by atoms with E-state index < -0.39 is 0 Å². The van der Waals surface area contributed by atoms with Crippen molar-refractivity contribution in [3.8, 4) is 12.3 Å². The van der Waals surface area contributed by atoms with Gasteiger partial charge in [-0.05, 0) is 25.3 Å². The Hall–Kier alpha value is -1.30. The molecule has 1 saturated heterocycles. The van der Waals surface area contributed by atoms with E-state index in [0.29, 0.717) is 12.1 Å². The molecule has 1 atom stereocenters. The molecule has 2 rings (SSSR count). The SMILES string of the molecule is C#CCN1CCC(N[C@H](C)c2ccccc2)CC1. The summed E-state index contributed by atoms with van der Waals surface area (Å²) in [6, 6.07) is 11.7. The van der Waals surface area contributed by atoms with Crippen LogP contribution in [-0.4, -0.2) is 30.6 Å². The van der Waals surface area contributed by atoms with Gasteiger partial charge in [-0.15, -0.1) is 6.42 Å². The average Bonchev–Trinajstić information content (AvgIpc) is 2.42. The van der Waals surface area contributed by atoms with Crippen LogP contribution in [-0.2, 0) is 0 Å². The van der Waals surface area contributed by atoms with E-state index in [1.165, 1.54) is 18.4 Å². The maximum absolute atomic E-state index is 5.34. The zero-order valence-corrected chi connectivity index (χ0v) is 11.1. The van der Waals surface area contributed by atoms with Crippen molar-refractivity contribution in [1.29, 1.82) is 0 Å². The smallest absolute Gasteiger partial charge is 0.0598 e. The minimum absolute atomic E-state index is 0.426. The Morgan fingerprint density at radius 3 is 2.61 bits per heavy atom. The second-order valence-electron chi connectivity index (χ2n) is 5.05.